The lowest BCUT2D eigenvalue weighted by Crippen LogP contribution is -2.44. The van der Waals surface area contributed by atoms with E-state index in [0.29, 0.717) is 6.42 Å². The summed E-state index contributed by atoms with van der Waals surface area (Å²) < 4.78 is 0. The van der Waals surface area contributed by atoms with Crippen LogP contribution in [-0.4, -0.2) is 38.9 Å². The summed E-state index contributed by atoms with van der Waals surface area (Å²) in [4.78, 5) is 45.3. The first-order valence-corrected chi connectivity index (χ1v) is 10.7. The van der Waals surface area contributed by atoms with Gasteiger partial charge in [-0.05, 0) is 29.3 Å². The van der Waals surface area contributed by atoms with Gasteiger partial charge < -0.3 is 10.1 Å². The quantitative estimate of drug-likeness (QED) is 0.466. The summed E-state index contributed by atoms with van der Waals surface area (Å²) in [5, 5.41) is 10.7. The summed E-state index contributed by atoms with van der Waals surface area (Å²) in [5.41, 5.74) is 3.74. The first-order valence-electron chi connectivity index (χ1n) is 10.7. The summed E-state index contributed by atoms with van der Waals surface area (Å²) in [6, 6.07) is 21.9. The number of nitrogens with one attached hydrogen (secondary N) is 1. The van der Waals surface area contributed by atoms with Crippen LogP contribution in [0.4, 0.5) is 10.5 Å². The highest BCUT2D eigenvalue weighted by Gasteiger charge is 2.53. The van der Waals surface area contributed by atoms with Gasteiger partial charge >= 0.3 is 12.0 Å². The standard InChI is InChI=1S/C26H19N3O4/c30-24-21-14-18-16-10-4-6-12-19(16)27-22(18)23(15-8-2-1-3-9-15)28(21)26(33)29(24)20-13-7-5-11-17(20)25(31)32/h1-13,21,23,27H,14H2,(H,31,32). The molecule has 162 valence electrons. The maximum atomic E-state index is 13.8. The van der Waals surface area contributed by atoms with Crippen LogP contribution in [0.5, 0.6) is 0 Å². The number of carbonyl (C=O) groups is 3. The third kappa shape index (κ3) is 2.72. The molecule has 0 aliphatic carbocycles. The molecule has 3 aromatic carbocycles. The Hall–Kier alpha value is -4.39. The number of aromatic carboxylic acids is 1. The smallest absolute Gasteiger partial charge is 0.337 e. The van der Waals surface area contributed by atoms with Crippen LogP contribution in [0.2, 0.25) is 0 Å². The van der Waals surface area contributed by atoms with Crippen molar-refractivity contribution < 1.29 is 19.5 Å². The Labute approximate surface area is 188 Å². The topological polar surface area (TPSA) is 93.7 Å². The van der Waals surface area contributed by atoms with Crippen LogP contribution in [0.3, 0.4) is 0 Å². The number of carbonyl (C=O) groups excluding carboxylic acids is 2. The molecule has 2 unspecified atom stereocenters. The minimum absolute atomic E-state index is 0.0840. The van der Waals surface area contributed by atoms with Crippen molar-refractivity contribution in [1.82, 2.24) is 9.88 Å². The summed E-state index contributed by atoms with van der Waals surface area (Å²) in [5.74, 6) is -1.60. The number of carboxylic acids is 1. The van der Waals surface area contributed by atoms with Gasteiger partial charge in [-0.15, -0.1) is 0 Å². The Kier molecular flexibility index (Phi) is 4.13. The third-order valence-electron chi connectivity index (χ3n) is 6.54. The van der Waals surface area contributed by atoms with Crippen LogP contribution >= 0.6 is 0 Å². The van der Waals surface area contributed by atoms with Crippen LogP contribution in [-0.2, 0) is 11.2 Å². The molecule has 33 heavy (non-hydrogen) atoms. The van der Waals surface area contributed by atoms with Gasteiger partial charge in [0.1, 0.15) is 12.1 Å². The predicted octanol–water partition coefficient (Wildman–Crippen LogP) is 4.35. The number of anilines is 1. The zero-order valence-electron chi connectivity index (χ0n) is 17.4. The number of rotatable bonds is 3. The number of amides is 3. The molecule has 2 atom stereocenters. The number of carboxylic acid groups (broad SMARTS) is 1. The van der Waals surface area contributed by atoms with Crippen LogP contribution in [0, 0.1) is 0 Å². The first-order chi connectivity index (χ1) is 16.1. The van der Waals surface area contributed by atoms with Gasteiger partial charge in [0, 0.05) is 23.0 Å². The Morgan fingerprint density at radius 2 is 1.61 bits per heavy atom. The number of aromatic nitrogens is 1. The molecule has 1 aromatic heterocycles. The molecule has 7 nitrogen and oxygen atoms in total. The van der Waals surface area contributed by atoms with E-state index < -0.39 is 30.0 Å². The van der Waals surface area contributed by atoms with Crippen LogP contribution < -0.4 is 4.90 Å². The van der Waals surface area contributed by atoms with Gasteiger partial charge in [-0.3, -0.25) is 9.69 Å². The Morgan fingerprint density at radius 3 is 2.39 bits per heavy atom. The lowest BCUT2D eigenvalue weighted by molar-refractivity contribution is -0.120. The normalized spacial score (nSPS) is 19.6. The minimum atomic E-state index is -1.19. The van der Waals surface area contributed by atoms with Crippen molar-refractivity contribution in [2.45, 2.75) is 18.5 Å². The number of para-hydroxylation sites is 2. The van der Waals surface area contributed by atoms with Crippen LogP contribution in [0.25, 0.3) is 10.9 Å². The van der Waals surface area contributed by atoms with E-state index in [-0.39, 0.29) is 11.3 Å². The zero-order chi connectivity index (χ0) is 22.7. The molecule has 7 heteroatoms. The van der Waals surface area contributed by atoms with E-state index in [1.165, 1.54) is 12.1 Å². The highest BCUT2D eigenvalue weighted by Crippen LogP contribution is 2.45. The van der Waals surface area contributed by atoms with Gasteiger partial charge in [-0.25, -0.2) is 14.5 Å². The van der Waals surface area contributed by atoms with Gasteiger partial charge in [0.2, 0.25) is 0 Å². The highest BCUT2D eigenvalue weighted by atomic mass is 16.4. The average Bonchev–Trinajstić information content (AvgIpc) is 3.33. The fourth-order valence-electron chi connectivity index (χ4n) is 5.13. The van der Waals surface area contributed by atoms with Gasteiger partial charge in [0.15, 0.2) is 0 Å². The Balaban J connectivity index is 1.55. The fourth-order valence-corrected chi connectivity index (χ4v) is 5.13. The Morgan fingerprint density at radius 1 is 0.909 bits per heavy atom. The van der Waals surface area contributed by atoms with Gasteiger partial charge in [-0.2, -0.15) is 0 Å². The number of aromatic amines is 1. The molecule has 2 aliphatic heterocycles. The fraction of sp³-hybridized carbons (Fsp3) is 0.115. The van der Waals surface area contributed by atoms with E-state index >= 15 is 0 Å². The van der Waals surface area contributed by atoms with Crippen LogP contribution in [0.1, 0.15) is 33.2 Å². The van der Waals surface area contributed by atoms with E-state index in [9.17, 15) is 19.5 Å². The van der Waals surface area contributed by atoms with Crippen molar-refractivity contribution >= 4 is 34.5 Å². The number of nitrogens with zero attached hydrogens (tertiary/aromatic N) is 2. The molecular formula is C26H19N3O4. The van der Waals surface area contributed by atoms with E-state index in [2.05, 4.69) is 4.98 Å². The van der Waals surface area contributed by atoms with Crippen molar-refractivity contribution in [2.24, 2.45) is 0 Å². The van der Waals surface area contributed by atoms with Gasteiger partial charge in [0.25, 0.3) is 5.91 Å². The van der Waals surface area contributed by atoms with E-state index in [4.69, 9.17) is 0 Å². The third-order valence-corrected chi connectivity index (χ3v) is 6.54. The second-order valence-corrected chi connectivity index (χ2v) is 8.28. The van der Waals surface area contributed by atoms with Crippen molar-refractivity contribution in [2.75, 3.05) is 4.90 Å². The largest absolute Gasteiger partial charge is 0.478 e. The number of fused-ring (bicyclic) bond motifs is 4. The summed E-state index contributed by atoms with van der Waals surface area (Å²) in [6.07, 6.45) is 0.360. The summed E-state index contributed by atoms with van der Waals surface area (Å²) >= 11 is 0. The lowest BCUT2D eigenvalue weighted by atomic mass is 9.89. The number of hydrogen-bond donors (Lipinski definition) is 2. The number of imide groups is 1. The molecule has 0 radical (unpaired) electrons. The molecular weight excluding hydrogens is 418 g/mol. The second kappa shape index (κ2) is 7.06. The average molecular weight is 437 g/mol. The molecule has 3 amide bonds. The maximum Gasteiger partial charge on any atom is 0.337 e. The summed E-state index contributed by atoms with van der Waals surface area (Å²) in [6.45, 7) is 0. The molecule has 1 fully saturated rings. The first kappa shape index (κ1) is 19.3. The molecule has 4 aromatic rings. The second-order valence-electron chi connectivity index (χ2n) is 8.28. The van der Waals surface area contributed by atoms with Gasteiger partial charge in [-0.1, -0.05) is 60.7 Å². The molecule has 6 rings (SSSR count). The Bertz CT molecular complexity index is 1440. The lowest BCUT2D eigenvalue weighted by Gasteiger charge is -2.36. The SMILES string of the molecule is O=C(O)c1ccccc1N1C(=O)C2Cc3c([nH]c4ccccc34)C(c3ccccc3)N2C1=O. The van der Waals surface area contributed by atoms with E-state index in [0.717, 1.165) is 32.6 Å². The van der Waals surface area contributed by atoms with Gasteiger partial charge in [0.05, 0.1) is 11.3 Å². The van der Waals surface area contributed by atoms with Crippen molar-refractivity contribution in [1.29, 1.82) is 0 Å². The molecule has 3 heterocycles. The molecule has 1 saturated heterocycles. The monoisotopic (exact) mass is 437 g/mol. The van der Waals surface area contributed by atoms with Crippen LogP contribution in [0.15, 0.2) is 78.9 Å². The van der Waals surface area contributed by atoms with Crippen molar-refractivity contribution in [3.8, 4) is 0 Å². The van der Waals surface area contributed by atoms with E-state index in [1.807, 2.05) is 54.6 Å². The highest BCUT2D eigenvalue weighted by molar-refractivity contribution is 6.23. The zero-order valence-corrected chi connectivity index (χ0v) is 17.4. The van der Waals surface area contributed by atoms with Crippen molar-refractivity contribution in [3.63, 3.8) is 0 Å². The molecule has 0 saturated carbocycles. The number of H-pyrrole nitrogens is 1. The van der Waals surface area contributed by atoms with Crippen molar-refractivity contribution in [3.05, 3.63) is 101 Å². The number of urea groups is 1. The maximum absolute atomic E-state index is 13.8. The minimum Gasteiger partial charge on any atom is -0.478 e. The molecule has 2 aliphatic rings. The predicted molar refractivity (Wildman–Crippen MR) is 122 cm³/mol. The van der Waals surface area contributed by atoms with E-state index in [1.54, 1.807) is 17.0 Å². The number of benzene rings is 3. The molecule has 0 spiro atoms. The molecule has 2 N–H and O–H groups in total. The summed E-state index contributed by atoms with van der Waals surface area (Å²) in [7, 11) is 0. The number of hydrogen-bond acceptors (Lipinski definition) is 3. The molecule has 0 bridgehead atoms.